The molecule has 0 atom stereocenters. The van der Waals surface area contributed by atoms with E-state index < -0.39 is 0 Å². The fourth-order valence-corrected chi connectivity index (χ4v) is 2.33. The zero-order valence-electron chi connectivity index (χ0n) is 11.8. The van der Waals surface area contributed by atoms with Crippen LogP contribution >= 0.6 is 15.9 Å². The molecule has 3 N–H and O–H groups in total. The normalized spacial score (nSPS) is 10.2. The van der Waals surface area contributed by atoms with E-state index in [9.17, 15) is 4.79 Å². The molecule has 2 rings (SSSR count). The summed E-state index contributed by atoms with van der Waals surface area (Å²) in [6, 6.07) is 15.3. The van der Waals surface area contributed by atoms with Crippen molar-refractivity contribution < 1.29 is 4.79 Å². The van der Waals surface area contributed by atoms with Gasteiger partial charge in [0.25, 0.3) is 5.91 Å². The molecule has 0 spiro atoms. The predicted octanol–water partition coefficient (Wildman–Crippen LogP) is 2.90. The first-order chi connectivity index (χ1) is 10.1. The minimum Gasteiger partial charge on any atom is -0.398 e. The summed E-state index contributed by atoms with van der Waals surface area (Å²) in [5.41, 5.74) is 7.91. The molecule has 2 aromatic rings. The van der Waals surface area contributed by atoms with Gasteiger partial charge in [-0.3, -0.25) is 4.79 Å². The Morgan fingerprint density at radius 1 is 1.24 bits per heavy atom. The lowest BCUT2D eigenvalue weighted by Gasteiger charge is -2.19. The molecule has 1 amide bonds. The van der Waals surface area contributed by atoms with Crippen molar-refractivity contribution in [2.24, 2.45) is 0 Å². The fourth-order valence-electron chi connectivity index (χ4n) is 1.97. The summed E-state index contributed by atoms with van der Waals surface area (Å²) in [6.07, 6.45) is 0. The second-order valence-corrected chi connectivity index (χ2v) is 5.66. The van der Waals surface area contributed by atoms with Crippen molar-refractivity contribution in [1.82, 2.24) is 5.32 Å². The molecule has 4 nitrogen and oxygen atoms in total. The van der Waals surface area contributed by atoms with Crippen molar-refractivity contribution in [1.29, 1.82) is 0 Å². The Bertz CT molecular complexity index is 616. The Morgan fingerprint density at radius 2 is 1.95 bits per heavy atom. The van der Waals surface area contributed by atoms with Gasteiger partial charge < -0.3 is 16.0 Å². The minimum atomic E-state index is -0.157. The highest BCUT2D eigenvalue weighted by molar-refractivity contribution is 9.10. The maximum Gasteiger partial charge on any atom is 0.253 e. The van der Waals surface area contributed by atoms with E-state index in [1.54, 1.807) is 12.1 Å². The summed E-state index contributed by atoms with van der Waals surface area (Å²) in [4.78, 5) is 14.2. The number of hydrogen-bond donors (Lipinski definition) is 2. The number of carbonyl (C=O) groups excluding carboxylic acids is 1. The van der Waals surface area contributed by atoms with E-state index in [4.69, 9.17) is 5.73 Å². The Labute approximate surface area is 133 Å². The van der Waals surface area contributed by atoms with Gasteiger partial charge in [-0.1, -0.05) is 34.1 Å². The third-order valence-electron chi connectivity index (χ3n) is 3.19. The SMILES string of the molecule is CN(CCNC(=O)c1cc(Br)ccc1N)c1ccccc1. The number of nitrogens with one attached hydrogen (secondary N) is 1. The maximum absolute atomic E-state index is 12.1. The molecule has 0 saturated carbocycles. The lowest BCUT2D eigenvalue weighted by Crippen LogP contribution is -2.33. The zero-order valence-corrected chi connectivity index (χ0v) is 13.4. The van der Waals surface area contributed by atoms with Crippen LogP contribution in [0.3, 0.4) is 0 Å². The van der Waals surface area contributed by atoms with Crippen molar-refractivity contribution in [2.45, 2.75) is 0 Å². The molecule has 5 heteroatoms. The molecule has 110 valence electrons. The largest absolute Gasteiger partial charge is 0.398 e. The lowest BCUT2D eigenvalue weighted by atomic mass is 10.1. The van der Waals surface area contributed by atoms with Crippen molar-refractivity contribution in [3.05, 3.63) is 58.6 Å². The van der Waals surface area contributed by atoms with E-state index in [1.165, 1.54) is 0 Å². The van der Waals surface area contributed by atoms with Crippen LogP contribution < -0.4 is 16.0 Å². The fraction of sp³-hybridized carbons (Fsp3) is 0.188. The van der Waals surface area contributed by atoms with Gasteiger partial charge in [0.2, 0.25) is 0 Å². The van der Waals surface area contributed by atoms with Gasteiger partial charge in [-0.15, -0.1) is 0 Å². The van der Waals surface area contributed by atoms with Crippen LogP contribution in [0.15, 0.2) is 53.0 Å². The molecule has 0 saturated heterocycles. The van der Waals surface area contributed by atoms with Gasteiger partial charge in [0.05, 0.1) is 5.56 Å². The molecule has 0 heterocycles. The van der Waals surface area contributed by atoms with Crippen molar-refractivity contribution in [3.63, 3.8) is 0 Å². The molecule has 0 fully saturated rings. The van der Waals surface area contributed by atoms with Crippen LogP contribution in [0.5, 0.6) is 0 Å². The van der Waals surface area contributed by atoms with Crippen LogP contribution in [0.4, 0.5) is 11.4 Å². The van der Waals surface area contributed by atoms with Crippen LogP contribution in [0.25, 0.3) is 0 Å². The number of benzene rings is 2. The first kappa shape index (κ1) is 15.4. The van der Waals surface area contributed by atoms with Crippen molar-refractivity contribution in [2.75, 3.05) is 30.8 Å². The quantitative estimate of drug-likeness (QED) is 0.817. The third kappa shape index (κ3) is 4.23. The van der Waals surface area contributed by atoms with E-state index in [0.717, 1.165) is 16.7 Å². The second-order valence-electron chi connectivity index (χ2n) is 4.74. The number of nitrogens with two attached hydrogens (primary N) is 1. The van der Waals surface area contributed by atoms with Gasteiger partial charge in [0.1, 0.15) is 0 Å². The summed E-state index contributed by atoms with van der Waals surface area (Å²) >= 11 is 3.34. The second kappa shape index (κ2) is 7.13. The van der Waals surface area contributed by atoms with E-state index in [1.807, 2.05) is 43.4 Å². The highest BCUT2D eigenvalue weighted by atomic mass is 79.9. The van der Waals surface area contributed by atoms with Crippen LogP contribution in [0, 0.1) is 0 Å². The number of hydrogen-bond acceptors (Lipinski definition) is 3. The van der Waals surface area contributed by atoms with Gasteiger partial charge in [-0.2, -0.15) is 0 Å². The first-order valence-electron chi connectivity index (χ1n) is 6.67. The summed E-state index contributed by atoms with van der Waals surface area (Å²) in [6.45, 7) is 1.28. The molecule has 0 aliphatic carbocycles. The molecule has 0 aromatic heterocycles. The van der Waals surface area contributed by atoms with Gasteiger partial charge in [-0.05, 0) is 30.3 Å². The van der Waals surface area contributed by atoms with E-state index >= 15 is 0 Å². The van der Waals surface area contributed by atoms with Gasteiger partial charge in [0.15, 0.2) is 0 Å². The van der Waals surface area contributed by atoms with E-state index in [2.05, 4.69) is 26.1 Å². The number of rotatable bonds is 5. The molecule has 0 bridgehead atoms. The number of amides is 1. The maximum atomic E-state index is 12.1. The van der Waals surface area contributed by atoms with Crippen molar-refractivity contribution in [3.8, 4) is 0 Å². The molecule has 21 heavy (non-hydrogen) atoms. The average Bonchev–Trinajstić information content (AvgIpc) is 2.50. The molecule has 0 radical (unpaired) electrons. The number of halogens is 1. The summed E-state index contributed by atoms with van der Waals surface area (Å²) in [7, 11) is 1.99. The van der Waals surface area contributed by atoms with E-state index in [0.29, 0.717) is 17.8 Å². The molecular weight excluding hydrogens is 330 g/mol. The van der Waals surface area contributed by atoms with Gasteiger partial charge >= 0.3 is 0 Å². The van der Waals surface area contributed by atoms with Crippen LogP contribution in [0.1, 0.15) is 10.4 Å². The Hall–Kier alpha value is -2.01. The Kier molecular flexibility index (Phi) is 5.22. The smallest absolute Gasteiger partial charge is 0.253 e. The average molecular weight is 348 g/mol. The highest BCUT2D eigenvalue weighted by Gasteiger charge is 2.10. The minimum absolute atomic E-state index is 0.157. The van der Waals surface area contributed by atoms with E-state index in [-0.39, 0.29) is 5.91 Å². The number of para-hydroxylation sites is 1. The number of carbonyl (C=O) groups is 1. The van der Waals surface area contributed by atoms with Gasteiger partial charge in [0, 0.05) is 36.0 Å². The monoisotopic (exact) mass is 347 g/mol. The molecule has 0 aliphatic heterocycles. The van der Waals surface area contributed by atoms with Crippen LogP contribution in [-0.4, -0.2) is 26.0 Å². The number of likely N-dealkylation sites (N-methyl/N-ethyl adjacent to an activating group) is 1. The first-order valence-corrected chi connectivity index (χ1v) is 7.46. The molecular formula is C16H18BrN3O. The standard InChI is InChI=1S/C16H18BrN3O/c1-20(13-5-3-2-4-6-13)10-9-19-16(21)14-11-12(17)7-8-15(14)18/h2-8,11H,9-10,18H2,1H3,(H,19,21). The lowest BCUT2D eigenvalue weighted by molar-refractivity contribution is 0.0955. The van der Waals surface area contributed by atoms with Crippen LogP contribution in [-0.2, 0) is 0 Å². The highest BCUT2D eigenvalue weighted by Crippen LogP contribution is 2.18. The number of anilines is 2. The number of nitrogens with zero attached hydrogens (tertiary/aromatic N) is 1. The van der Waals surface area contributed by atoms with Crippen LogP contribution in [0.2, 0.25) is 0 Å². The number of nitrogen functional groups attached to an aromatic ring is 1. The molecule has 2 aromatic carbocycles. The summed E-state index contributed by atoms with van der Waals surface area (Å²) in [5.74, 6) is -0.157. The summed E-state index contributed by atoms with van der Waals surface area (Å²) < 4.78 is 0.836. The Morgan fingerprint density at radius 3 is 2.67 bits per heavy atom. The molecule has 0 aliphatic rings. The van der Waals surface area contributed by atoms with Crippen molar-refractivity contribution >= 4 is 33.2 Å². The summed E-state index contributed by atoms with van der Waals surface area (Å²) in [5, 5.41) is 2.89. The topological polar surface area (TPSA) is 58.4 Å². The molecule has 0 unspecified atom stereocenters. The third-order valence-corrected chi connectivity index (χ3v) is 3.68. The van der Waals surface area contributed by atoms with Gasteiger partial charge in [-0.25, -0.2) is 0 Å². The Balaban J connectivity index is 1.88. The zero-order chi connectivity index (χ0) is 15.2. The predicted molar refractivity (Wildman–Crippen MR) is 90.6 cm³/mol.